The molecular weight excluding hydrogens is 280 g/mol. The lowest BCUT2D eigenvalue weighted by Crippen LogP contribution is -2.30. The lowest BCUT2D eigenvalue weighted by Gasteiger charge is -2.13. The van der Waals surface area contributed by atoms with Crippen molar-refractivity contribution in [3.05, 3.63) is 34.1 Å². The molecule has 0 aliphatic rings. The van der Waals surface area contributed by atoms with Crippen LogP contribution < -0.4 is 0 Å². The average Bonchev–Trinajstić information content (AvgIpc) is 2.45. The summed E-state index contributed by atoms with van der Waals surface area (Å²) in [4.78, 5) is 37.8. The molecule has 0 unspecified atom stereocenters. The molecule has 0 fully saturated rings. The highest BCUT2D eigenvalue weighted by Gasteiger charge is 2.32. The summed E-state index contributed by atoms with van der Waals surface area (Å²) in [7, 11) is 0. The topological polar surface area (TPSA) is 109 Å². The molecule has 0 N–H and O–H groups in total. The molecule has 0 radical (unpaired) electrons. The molecule has 0 amide bonds. The van der Waals surface area contributed by atoms with Gasteiger partial charge in [0.25, 0.3) is 5.69 Å². The zero-order valence-electron chi connectivity index (χ0n) is 11.8. The number of hydrogen-bond acceptors (Lipinski definition) is 7. The second-order valence-corrected chi connectivity index (χ2v) is 3.99. The number of esters is 2. The van der Waals surface area contributed by atoms with Gasteiger partial charge < -0.3 is 9.47 Å². The predicted octanol–water partition coefficient (Wildman–Crippen LogP) is 1.27. The highest BCUT2D eigenvalue weighted by atomic mass is 16.6. The Morgan fingerprint density at radius 1 is 1.29 bits per heavy atom. The maximum absolute atomic E-state index is 11.8. The van der Waals surface area contributed by atoms with E-state index in [1.807, 2.05) is 0 Å². The Kier molecular flexibility index (Phi) is 6.25. The van der Waals surface area contributed by atoms with Crippen LogP contribution in [-0.2, 0) is 25.5 Å². The van der Waals surface area contributed by atoms with E-state index >= 15 is 0 Å². The van der Waals surface area contributed by atoms with Crippen LogP contribution in [0.4, 0.5) is 5.69 Å². The summed E-state index contributed by atoms with van der Waals surface area (Å²) in [6, 6.07) is 2.67. The summed E-state index contributed by atoms with van der Waals surface area (Å²) in [5.74, 6) is -2.83. The molecule has 1 heterocycles. The van der Waals surface area contributed by atoms with Crippen LogP contribution in [0.1, 0.15) is 19.5 Å². The summed E-state index contributed by atoms with van der Waals surface area (Å²) in [6.45, 7) is 3.39. The molecule has 0 spiro atoms. The number of carbonyl (C=O) groups excluding carboxylic acids is 2. The van der Waals surface area contributed by atoms with Crippen LogP contribution in [0.3, 0.4) is 0 Å². The molecule has 1 aromatic rings. The second kappa shape index (κ2) is 7.93. The highest BCUT2D eigenvalue weighted by Crippen LogP contribution is 2.20. The minimum absolute atomic E-state index is 0.0357. The van der Waals surface area contributed by atoms with Gasteiger partial charge in [-0.15, -0.1) is 0 Å². The molecule has 0 bridgehead atoms. The average molecular weight is 296 g/mol. The molecule has 1 aromatic heterocycles. The molecule has 0 atom stereocenters. The molecule has 8 nitrogen and oxygen atoms in total. The molecule has 21 heavy (non-hydrogen) atoms. The van der Waals surface area contributed by atoms with Crippen LogP contribution in [-0.4, -0.2) is 35.1 Å². The lowest BCUT2D eigenvalue weighted by molar-refractivity contribution is -0.386. The van der Waals surface area contributed by atoms with Crippen molar-refractivity contribution >= 4 is 17.6 Å². The largest absolute Gasteiger partial charge is 0.465 e. The van der Waals surface area contributed by atoms with E-state index < -0.39 is 22.8 Å². The standard InChI is InChI=1S/C13H16N2O6/c1-3-20-12(16)9(13(17)21-4-2)8-10-11(15(18)19)6-5-7-14-10/h5-7,9H,3-4,8H2,1-2H3. The van der Waals surface area contributed by atoms with E-state index in [-0.39, 0.29) is 31.0 Å². The van der Waals surface area contributed by atoms with Crippen molar-refractivity contribution in [3.8, 4) is 0 Å². The summed E-state index contributed by atoms with van der Waals surface area (Å²) in [5, 5.41) is 10.9. The maximum atomic E-state index is 11.8. The predicted molar refractivity (Wildman–Crippen MR) is 71.4 cm³/mol. The van der Waals surface area contributed by atoms with Gasteiger partial charge in [0.1, 0.15) is 5.69 Å². The number of hydrogen-bond donors (Lipinski definition) is 0. The Balaban J connectivity index is 3.03. The second-order valence-electron chi connectivity index (χ2n) is 3.99. The quantitative estimate of drug-likeness (QED) is 0.322. The van der Waals surface area contributed by atoms with Gasteiger partial charge in [-0.05, 0) is 19.9 Å². The van der Waals surface area contributed by atoms with Crippen molar-refractivity contribution in [2.24, 2.45) is 5.92 Å². The highest BCUT2D eigenvalue weighted by molar-refractivity contribution is 5.95. The Morgan fingerprint density at radius 3 is 2.33 bits per heavy atom. The van der Waals surface area contributed by atoms with Crippen LogP contribution in [0.15, 0.2) is 18.3 Å². The first kappa shape index (κ1) is 16.5. The Labute approximate surface area is 121 Å². The number of aromatic nitrogens is 1. The van der Waals surface area contributed by atoms with Gasteiger partial charge in [0, 0.05) is 18.7 Å². The third-order valence-corrected chi connectivity index (χ3v) is 2.60. The SMILES string of the molecule is CCOC(=O)C(Cc1ncccc1[N+](=O)[O-])C(=O)OCC. The molecule has 8 heteroatoms. The van der Waals surface area contributed by atoms with Crippen molar-refractivity contribution in [1.29, 1.82) is 0 Å². The van der Waals surface area contributed by atoms with Gasteiger partial charge in [0.2, 0.25) is 0 Å². The van der Waals surface area contributed by atoms with E-state index in [2.05, 4.69) is 4.98 Å². The number of nitro groups is 1. The molecule has 0 aliphatic carbocycles. The summed E-state index contributed by atoms with van der Waals surface area (Å²) in [5.41, 5.74) is -0.218. The van der Waals surface area contributed by atoms with E-state index in [9.17, 15) is 19.7 Å². The number of carbonyl (C=O) groups is 2. The van der Waals surface area contributed by atoms with Gasteiger partial charge >= 0.3 is 11.9 Å². The van der Waals surface area contributed by atoms with Gasteiger partial charge in [-0.25, -0.2) is 0 Å². The summed E-state index contributed by atoms with van der Waals surface area (Å²) in [6.07, 6.45) is 1.12. The lowest BCUT2D eigenvalue weighted by atomic mass is 10.0. The van der Waals surface area contributed by atoms with E-state index in [0.29, 0.717) is 0 Å². The number of pyridine rings is 1. The monoisotopic (exact) mass is 296 g/mol. The molecule has 1 rings (SSSR count). The molecule has 114 valence electrons. The smallest absolute Gasteiger partial charge is 0.320 e. The molecular formula is C13H16N2O6. The normalized spacial score (nSPS) is 10.2. The molecule has 0 saturated heterocycles. The Morgan fingerprint density at radius 2 is 1.86 bits per heavy atom. The minimum atomic E-state index is -1.27. The fourth-order valence-electron chi connectivity index (χ4n) is 1.69. The summed E-state index contributed by atoms with van der Waals surface area (Å²) < 4.78 is 9.61. The number of ether oxygens (including phenoxy) is 2. The van der Waals surface area contributed by atoms with Crippen LogP contribution in [0.2, 0.25) is 0 Å². The minimum Gasteiger partial charge on any atom is -0.465 e. The van der Waals surface area contributed by atoms with Crippen LogP contribution >= 0.6 is 0 Å². The van der Waals surface area contributed by atoms with Gasteiger partial charge in [-0.2, -0.15) is 0 Å². The zero-order chi connectivity index (χ0) is 15.8. The van der Waals surface area contributed by atoms with E-state index in [1.54, 1.807) is 13.8 Å². The van der Waals surface area contributed by atoms with Gasteiger partial charge in [0.15, 0.2) is 5.92 Å². The molecule has 0 aromatic carbocycles. The maximum Gasteiger partial charge on any atom is 0.320 e. The van der Waals surface area contributed by atoms with E-state index in [1.165, 1.54) is 18.3 Å². The first-order valence-electron chi connectivity index (χ1n) is 6.42. The van der Waals surface area contributed by atoms with Crippen LogP contribution in [0.5, 0.6) is 0 Å². The van der Waals surface area contributed by atoms with Gasteiger partial charge in [-0.3, -0.25) is 24.7 Å². The fraction of sp³-hybridized carbons (Fsp3) is 0.462. The van der Waals surface area contributed by atoms with Crippen molar-refractivity contribution in [1.82, 2.24) is 4.98 Å². The summed E-state index contributed by atoms with van der Waals surface area (Å²) >= 11 is 0. The number of nitrogens with zero attached hydrogens (tertiary/aromatic N) is 2. The van der Waals surface area contributed by atoms with Crippen molar-refractivity contribution in [3.63, 3.8) is 0 Å². The fourth-order valence-corrected chi connectivity index (χ4v) is 1.69. The Bertz CT molecular complexity index is 513. The first-order valence-corrected chi connectivity index (χ1v) is 6.42. The third kappa shape index (κ3) is 4.51. The number of rotatable bonds is 7. The van der Waals surface area contributed by atoms with E-state index in [0.717, 1.165) is 0 Å². The third-order valence-electron chi connectivity index (χ3n) is 2.60. The van der Waals surface area contributed by atoms with Crippen LogP contribution in [0, 0.1) is 16.0 Å². The molecule has 0 aliphatic heterocycles. The molecule has 0 saturated carbocycles. The van der Waals surface area contributed by atoms with E-state index in [4.69, 9.17) is 9.47 Å². The van der Waals surface area contributed by atoms with Crippen LogP contribution in [0.25, 0.3) is 0 Å². The van der Waals surface area contributed by atoms with Gasteiger partial charge in [0.05, 0.1) is 18.1 Å². The van der Waals surface area contributed by atoms with Crippen molar-refractivity contribution in [2.75, 3.05) is 13.2 Å². The van der Waals surface area contributed by atoms with Crippen molar-refractivity contribution in [2.45, 2.75) is 20.3 Å². The zero-order valence-corrected chi connectivity index (χ0v) is 11.8. The Hall–Kier alpha value is -2.51. The first-order chi connectivity index (χ1) is 10.0. The van der Waals surface area contributed by atoms with Crippen molar-refractivity contribution < 1.29 is 24.0 Å². The van der Waals surface area contributed by atoms with Gasteiger partial charge in [-0.1, -0.05) is 0 Å².